The van der Waals surface area contributed by atoms with E-state index in [0.29, 0.717) is 0 Å². The zero-order valence-corrected chi connectivity index (χ0v) is 7.95. The van der Waals surface area contributed by atoms with E-state index in [-0.39, 0.29) is 16.8 Å². The molecule has 9 nitrogen and oxygen atoms in total. The Labute approximate surface area is 78.5 Å². The summed E-state index contributed by atoms with van der Waals surface area (Å²) < 4.78 is 20.6. The number of hydrazine groups is 2. The molecule has 76 valence electrons. The van der Waals surface area contributed by atoms with Crippen LogP contribution < -0.4 is 27.7 Å². The van der Waals surface area contributed by atoms with E-state index in [9.17, 15) is 8.42 Å². The van der Waals surface area contributed by atoms with Gasteiger partial charge in [-0.25, -0.2) is 0 Å². The summed E-state index contributed by atoms with van der Waals surface area (Å²) in [4.78, 5) is 1.66. The fraction of sp³-hybridized carbons (Fsp3) is 0. The third-order valence-electron chi connectivity index (χ3n) is 0.331. The van der Waals surface area contributed by atoms with E-state index in [1.807, 2.05) is 0 Å². The van der Waals surface area contributed by atoms with Crippen LogP contribution in [0.15, 0.2) is 0 Å². The highest BCUT2D eigenvalue weighted by Gasteiger charge is 2.07. The number of nitrogens with two attached hydrogens (primary N) is 3. The van der Waals surface area contributed by atoms with E-state index in [4.69, 9.17) is 10.7 Å². The van der Waals surface area contributed by atoms with Gasteiger partial charge in [-0.1, -0.05) is 0 Å². The molecular weight excluding hydrogens is 218 g/mol. The van der Waals surface area contributed by atoms with Crippen LogP contribution in [0.3, 0.4) is 0 Å². The van der Waals surface area contributed by atoms with E-state index in [1.165, 1.54) is 5.40 Å². The fourth-order valence-electron chi connectivity index (χ4n) is 0.142. The summed E-state index contributed by atoms with van der Waals surface area (Å²) in [5, 5.41) is 15.3. The number of nitrogens with one attached hydrogen (secondary N) is 3. The molecule has 0 aliphatic heterocycles. The van der Waals surface area contributed by atoms with Crippen LogP contribution in [0.1, 0.15) is 0 Å². The maximum absolute atomic E-state index is 10.3. The van der Waals surface area contributed by atoms with Gasteiger partial charge in [-0.2, -0.15) is 19.2 Å². The van der Waals surface area contributed by atoms with Crippen LogP contribution in [-0.2, 0) is 9.06 Å². The van der Waals surface area contributed by atoms with Crippen LogP contribution in [0, 0.1) is 16.1 Å². The second-order valence-electron chi connectivity index (χ2n) is 1.33. The van der Waals surface area contributed by atoms with Crippen molar-refractivity contribution in [3.63, 3.8) is 0 Å². The van der Waals surface area contributed by atoms with Crippen LogP contribution in [0.2, 0.25) is 0 Å². The molecule has 0 heterocycles. The van der Waals surface area contributed by atoms with Crippen molar-refractivity contribution in [3.8, 4) is 5.40 Å². The number of hydrogen-bond donors (Lipinski definition) is 6. The maximum atomic E-state index is 10.3. The van der Waals surface area contributed by atoms with Crippen molar-refractivity contribution in [2.45, 2.75) is 0 Å². The van der Waals surface area contributed by atoms with Crippen molar-refractivity contribution in [2.24, 2.45) is 17.3 Å². The van der Waals surface area contributed by atoms with E-state index in [2.05, 4.69) is 17.3 Å². The Balaban J connectivity index is 0. The lowest BCUT2D eigenvalue weighted by molar-refractivity contribution is 0.578. The van der Waals surface area contributed by atoms with Crippen molar-refractivity contribution >= 4 is 25.8 Å². The molecule has 0 aromatic carbocycles. The molecule has 0 fully saturated rings. The highest BCUT2D eigenvalue weighted by Crippen LogP contribution is 2.03. The number of guanidine groups is 1. The first-order valence-corrected chi connectivity index (χ1v) is 5.31. The molecule has 0 aliphatic rings. The molecule has 13 heavy (non-hydrogen) atoms. The minimum absolute atomic E-state index is 0.0823. The molecule has 0 aromatic heterocycles. The number of rotatable bonds is 3. The van der Waals surface area contributed by atoms with Gasteiger partial charge in [0.05, 0.1) is 0 Å². The van der Waals surface area contributed by atoms with Crippen LogP contribution in [-0.4, -0.2) is 14.4 Å². The van der Waals surface area contributed by atoms with Gasteiger partial charge in [-0.3, -0.25) is 11.3 Å². The monoisotopic (exact) mass is 227 g/mol. The summed E-state index contributed by atoms with van der Waals surface area (Å²) in [5.41, 5.74) is 10.6. The molecule has 11 heteroatoms. The zero-order valence-electron chi connectivity index (χ0n) is 6.31. The summed E-state index contributed by atoms with van der Waals surface area (Å²) in [6, 6.07) is 0. The summed E-state index contributed by atoms with van der Waals surface area (Å²) in [6.07, 6.45) is 0. The molecule has 0 rings (SSSR count). The first kappa shape index (κ1) is 14.5. The van der Waals surface area contributed by atoms with Gasteiger partial charge in [0, 0.05) is 0 Å². The number of nitriles is 1. The average Bonchev–Trinajstić information content (AvgIpc) is 1.84. The van der Waals surface area contributed by atoms with Crippen LogP contribution in [0.25, 0.3) is 0 Å². The quantitative estimate of drug-likeness (QED) is 0.0748. The first-order valence-electron chi connectivity index (χ1n) is 2.50. The zero-order chi connectivity index (χ0) is 10.9. The predicted molar refractivity (Wildman–Crippen MR) is 48.7 cm³/mol. The van der Waals surface area contributed by atoms with Crippen molar-refractivity contribution in [3.05, 3.63) is 0 Å². The molecule has 0 bridgehead atoms. The van der Waals surface area contributed by atoms with Gasteiger partial charge in [0.1, 0.15) is 10.8 Å². The highest BCUT2D eigenvalue weighted by atomic mass is 33.1. The molecule has 0 saturated carbocycles. The number of thiocyanates is 1. The van der Waals surface area contributed by atoms with Crippen LogP contribution in [0.5, 0.6) is 0 Å². The van der Waals surface area contributed by atoms with Crippen molar-refractivity contribution < 1.29 is 8.42 Å². The Morgan fingerprint density at radius 2 is 1.92 bits per heavy atom. The smallest absolute Gasteiger partial charge is 0.292 e. The minimum Gasteiger partial charge on any atom is -0.370 e. The molecule has 9 N–H and O–H groups in total. The van der Waals surface area contributed by atoms with E-state index in [0.717, 1.165) is 0 Å². The lowest BCUT2D eigenvalue weighted by atomic mass is 11.1. The van der Waals surface area contributed by atoms with Gasteiger partial charge in [-0.15, -0.1) is 4.83 Å². The average molecular weight is 227 g/mol. The maximum Gasteiger partial charge on any atom is 0.292 e. The predicted octanol–water partition coefficient (Wildman–Crippen LogP) is -2.75. The lowest BCUT2D eigenvalue weighted by Crippen LogP contribution is -2.40. The molecule has 0 atom stereocenters. The molecule has 0 unspecified atom stereocenters. The summed E-state index contributed by atoms with van der Waals surface area (Å²) in [5.74, 6) is 4.25. The molecule has 0 saturated heterocycles. The van der Waals surface area contributed by atoms with Gasteiger partial charge in [0.2, 0.25) is 0 Å². The fourth-order valence-corrected chi connectivity index (χ4v) is 0.990. The Bertz CT molecular complexity index is 273. The van der Waals surface area contributed by atoms with Crippen LogP contribution in [0.4, 0.5) is 0 Å². The second kappa shape index (κ2) is 7.58. The lowest BCUT2D eigenvalue weighted by Gasteiger charge is -1.95. The Morgan fingerprint density at radius 1 is 1.54 bits per heavy atom. The third kappa shape index (κ3) is 18.2. The largest absolute Gasteiger partial charge is 0.370 e. The first-order chi connectivity index (χ1) is 5.85. The SMILES string of the molecule is N#CSS(=O)(=O)NNN.N=C(N)N. The third-order valence-corrected chi connectivity index (χ3v) is 2.12. The van der Waals surface area contributed by atoms with Gasteiger partial charge < -0.3 is 11.5 Å². The summed E-state index contributed by atoms with van der Waals surface area (Å²) in [6.45, 7) is 0. The normalized spacial score (nSPS) is 9.23. The van der Waals surface area contributed by atoms with Gasteiger partial charge >= 0.3 is 0 Å². The van der Waals surface area contributed by atoms with E-state index >= 15 is 0 Å². The van der Waals surface area contributed by atoms with Crippen molar-refractivity contribution in [1.82, 2.24) is 10.4 Å². The van der Waals surface area contributed by atoms with Gasteiger partial charge in [0.15, 0.2) is 11.4 Å². The van der Waals surface area contributed by atoms with Gasteiger partial charge in [0.25, 0.3) is 9.06 Å². The molecular formula is C2H9N7O2S2. The Morgan fingerprint density at radius 3 is 2.15 bits per heavy atom. The molecule has 0 aliphatic carbocycles. The summed E-state index contributed by atoms with van der Waals surface area (Å²) in [7, 11) is -3.53. The topological polar surface area (TPSA) is 184 Å². The Hall–Kier alpha value is -1.06. The highest BCUT2D eigenvalue weighted by molar-refractivity contribution is 8.73. The minimum atomic E-state index is -3.61. The Kier molecular flexibility index (Phi) is 8.44. The molecule has 0 amide bonds. The second-order valence-corrected chi connectivity index (χ2v) is 4.61. The summed E-state index contributed by atoms with van der Waals surface area (Å²) >= 11 is 0. The molecule has 0 aromatic rings. The van der Waals surface area contributed by atoms with E-state index in [1.54, 1.807) is 10.4 Å². The number of nitrogens with zero attached hydrogens (tertiary/aromatic N) is 1. The standard InChI is InChI=1S/CH4N4O2S2.CH5N3/c2-1-8-9(6,7)5-4-3;2-1(3)4/h4-5H,3H2;(H5,2,3,4). The van der Waals surface area contributed by atoms with E-state index < -0.39 is 9.06 Å². The van der Waals surface area contributed by atoms with Crippen LogP contribution >= 0.6 is 10.8 Å². The molecule has 0 spiro atoms. The van der Waals surface area contributed by atoms with Gasteiger partial charge in [-0.05, 0) is 0 Å². The molecule has 0 radical (unpaired) electrons. The van der Waals surface area contributed by atoms with Crippen molar-refractivity contribution in [2.75, 3.05) is 0 Å². The number of hydrogen-bond acceptors (Lipinski definition) is 7. The van der Waals surface area contributed by atoms with Crippen molar-refractivity contribution in [1.29, 1.82) is 10.7 Å².